The van der Waals surface area contributed by atoms with Crippen LogP contribution in [0, 0.1) is 0 Å². The van der Waals surface area contributed by atoms with Crippen molar-refractivity contribution in [3.63, 3.8) is 0 Å². The Kier molecular flexibility index (Phi) is 7.50. The van der Waals surface area contributed by atoms with Crippen LogP contribution in [0.2, 0.25) is 5.02 Å². The van der Waals surface area contributed by atoms with Crippen LogP contribution in [0.5, 0.6) is 0 Å². The molecular weight excluding hydrogens is 438 g/mol. The van der Waals surface area contributed by atoms with Crippen molar-refractivity contribution in [3.05, 3.63) is 112 Å². The Hall–Kier alpha value is -2.94. The van der Waals surface area contributed by atoms with Gasteiger partial charge in [0.1, 0.15) is 0 Å². The average Bonchev–Trinajstić information content (AvgIpc) is 2.86. The van der Waals surface area contributed by atoms with E-state index in [0.29, 0.717) is 10.9 Å². The maximum Gasteiger partial charge on any atom is 0.0874 e. The van der Waals surface area contributed by atoms with Gasteiger partial charge < -0.3 is 4.74 Å². The van der Waals surface area contributed by atoms with Crippen molar-refractivity contribution in [2.45, 2.75) is 45.1 Å². The molecule has 0 aliphatic rings. The Balaban J connectivity index is 1.47. The first-order valence-electron chi connectivity index (χ1n) is 11.8. The van der Waals surface area contributed by atoms with Gasteiger partial charge in [0.25, 0.3) is 0 Å². The monoisotopic (exact) mass is 469 g/mol. The molecule has 0 fully saturated rings. The van der Waals surface area contributed by atoms with Crippen molar-refractivity contribution in [2.24, 2.45) is 0 Å². The van der Waals surface area contributed by atoms with Crippen LogP contribution in [0.4, 0.5) is 0 Å². The van der Waals surface area contributed by atoms with E-state index in [1.54, 1.807) is 7.11 Å². The van der Waals surface area contributed by atoms with E-state index in [1.165, 1.54) is 22.3 Å². The van der Waals surface area contributed by atoms with Gasteiger partial charge in [-0.25, -0.2) is 4.98 Å². The molecule has 0 spiro atoms. The van der Waals surface area contributed by atoms with E-state index in [-0.39, 0.29) is 5.60 Å². The van der Waals surface area contributed by atoms with Crippen molar-refractivity contribution in [1.29, 1.82) is 0 Å². The fourth-order valence-electron chi connectivity index (χ4n) is 4.32. The molecule has 174 valence electrons. The number of pyridine rings is 1. The minimum Gasteiger partial charge on any atom is -0.374 e. The molecule has 0 aliphatic carbocycles. The minimum atomic E-state index is -0.285. The SMILES string of the molecule is COC(C)(C)c1ccccc1CCC(C)c1cccc(C=Cc2ccc3ccc(Cl)cc3n2)c1. The van der Waals surface area contributed by atoms with E-state index in [0.717, 1.165) is 29.4 Å². The quantitative estimate of drug-likeness (QED) is 0.257. The zero-order valence-corrected chi connectivity index (χ0v) is 21.1. The van der Waals surface area contributed by atoms with Crippen molar-refractivity contribution < 1.29 is 4.74 Å². The highest BCUT2D eigenvalue weighted by atomic mass is 35.5. The number of fused-ring (bicyclic) bond motifs is 1. The number of ether oxygens (including phenoxy) is 1. The number of rotatable bonds is 8. The molecule has 0 radical (unpaired) electrons. The average molecular weight is 470 g/mol. The van der Waals surface area contributed by atoms with Crippen molar-refractivity contribution in [3.8, 4) is 0 Å². The van der Waals surface area contributed by atoms with Gasteiger partial charge in [-0.2, -0.15) is 0 Å². The van der Waals surface area contributed by atoms with Gasteiger partial charge in [-0.1, -0.05) is 85.3 Å². The van der Waals surface area contributed by atoms with Gasteiger partial charge >= 0.3 is 0 Å². The maximum absolute atomic E-state index is 6.13. The normalized spacial score (nSPS) is 13.0. The highest BCUT2D eigenvalue weighted by Gasteiger charge is 2.22. The standard InChI is InChI=1S/C31H32ClNO/c1-22(12-14-24-9-5-6-11-29(24)31(2,3)34-4)26-10-7-8-23(20-26)13-18-28-19-16-25-15-17-27(32)21-30(25)33-28/h5-11,13,15-22H,12,14H2,1-4H3. The molecule has 0 saturated heterocycles. The second-order valence-electron chi connectivity index (χ2n) is 9.39. The Morgan fingerprint density at radius 1 is 0.941 bits per heavy atom. The summed E-state index contributed by atoms with van der Waals surface area (Å²) in [6.07, 6.45) is 6.29. The van der Waals surface area contributed by atoms with Crippen molar-refractivity contribution in [1.82, 2.24) is 4.98 Å². The predicted molar refractivity (Wildman–Crippen MR) is 145 cm³/mol. The van der Waals surface area contributed by atoms with Gasteiger partial charge in [-0.05, 0) is 79.1 Å². The van der Waals surface area contributed by atoms with Crippen LogP contribution >= 0.6 is 11.6 Å². The molecule has 1 aromatic heterocycles. The molecule has 0 bridgehead atoms. The third-order valence-electron chi connectivity index (χ3n) is 6.62. The number of methoxy groups -OCH3 is 1. The van der Waals surface area contributed by atoms with Crippen molar-refractivity contribution >= 4 is 34.7 Å². The highest BCUT2D eigenvalue weighted by molar-refractivity contribution is 6.31. The second kappa shape index (κ2) is 10.5. The number of hydrogen-bond donors (Lipinski definition) is 0. The Labute approximate surface area is 208 Å². The zero-order valence-electron chi connectivity index (χ0n) is 20.4. The summed E-state index contributed by atoms with van der Waals surface area (Å²) in [5, 5.41) is 1.80. The van der Waals surface area contributed by atoms with Crippen LogP contribution in [0.3, 0.4) is 0 Å². The third-order valence-corrected chi connectivity index (χ3v) is 6.86. The van der Waals surface area contributed by atoms with Gasteiger partial charge in [0.15, 0.2) is 0 Å². The maximum atomic E-state index is 6.13. The van der Waals surface area contributed by atoms with E-state index >= 15 is 0 Å². The molecule has 0 N–H and O–H groups in total. The molecule has 1 heterocycles. The predicted octanol–water partition coefficient (Wildman–Crippen LogP) is 8.68. The first-order chi connectivity index (χ1) is 16.4. The summed E-state index contributed by atoms with van der Waals surface area (Å²) < 4.78 is 5.75. The molecule has 1 atom stereocenters. The number of aromatic nitrogens is 1. The Morgan fingerprint density at radius 2 is 1.74 bits per heavy atom. The lowest BCUT2D eigenvalue weighted by Gasteiger charge is -2.26. The Bertz CT molecular complexity index is 1310. The van der Waals surface area contributed by atoms with E-state index in [4.69, 9.17) is 21.3 Å². The summed E-state index contributed by atoms with van der Waals surface area (Å²) in [6, 6.07) is 27.3. The zero-order chi connectivity index (χ0) is 24.1. The summed E-state index contributed by atoms with van der Waals surface area (Å²) in [5.41, 5.74) is 6.71. The topological polar surface area (TPSA) is 22.1 Å². The van der Waals surface area contributed by atoms with E-state index < -0.39 is 0 Å². The molecule has 2 nitrogen and oxygen atoms in total. The van der Waals surface area contributed by atoms with Gasteiger partial charge in [0, 0.05) is 17.5 Å². The lowest BCUT2D eigenvalue weighted by atomic mass is 9.87. The van der Waals surface area contributed by atoms with Gasteiger partial charge in [-0.15, -0.1) is 0 Å². The molecule has 3 aromatic carbocycles. The van der Waals surface area contributed by atoms with Gasteiger partial charge in [-0.3, -0.25) is 0 Å². The largest absolute Gasteiger partial charge is 0.374 e. The molecule has 0 aliphatic heterocycles. The second-order valence-corrected chi connectivity index (χ2v) is 9.82. The van der Waals surface area contributed by atoms with Gasteiger partial charge in [0.05, 0.1) is 16.8 Å². The van der Waals surface area contributed by atoms with Gasteiger partial charge in [0.2, 0.25) is 0 Å². The number of hydrogen-bond acceptors (Lipinski definition) is 2. The molecule has 1 unspecified atom stereocenters. The minimum absolute atomic E-state index is 0.285. The fourth-order valence-corrected chi connectivity index (χ4v) is 4.49. The van der Waals surface area contributed by atoms with Crippen LogP contribution in [0.25, 0.3) is 23.1 Å². The molecule has 4 aromatic rings. The third kappa shape index (κ3) is 5.75. The summed E-state index contributed by atoms with van der Waals surface area (Å²) in [4.78, 5) is 4.73. The van der Waals surface area contributed by atoms with Crippen molar-refractivity contribution in [2.75, 3.05) is 7.11 Å². The number of benzene rings is 3. The molecule has 4 rings (SSSR count). The van der Waals surface area contributed by atoms with Crippen LogP contribution in [-0.4, -0.2) is 12.1 Å². The van der Waals surface area contributed by atoms with Crippen LogP contribution < -0.4 is 0 Å². The number of halogens is 1. The van der Waals surface area contributed by atoms with Crippen LogP contribution in [0.15, 0.2) is 78.9 Å². The van der Waals surface area contributed by atoms with Crippen LogP contribution in [0.1, 0.15) is 61.1 Å². The lowest BCUT2D eigenvalue weighted by molar-refractivity contribution is 0.0184. The highest BCUT2D eigenvalue weighted by Crippen LogP contribution is 2.30. The molecule has 0 saturated carbocycles. The number of nitrogens with zero attached hydrogens (tertiary/aromatic N) is 1. The molecule has 3 heteroatoms. The van der Waals surface area contributed by atoms with E-state index in [2.05, 4.69) is 87.5 Å². The summed E-state index contributed by atoms with van der Waals surface area (Å²) in [5.74, 6) is 0.452. The van der Waals surface area contributed by atoms with Crippen LogP contribution in [-0.2, 0) is 16.8 Å². The summed E-state index contributed by atoms with van der Waals surface area (Å²) in [6.45, 7) is 6.57. The molecule has 0 amide bonds. The number of aryl methyl sites for hydroxylation is 1. The first-order valence-corrected chi connectivity index (χ1v) is 12.2. The fraction of sp³-hybridized carbons (Fsp3) is 0.258. The summed E-state index contributed by atoms with van der Waals surface area (Å²) >= 11 is 6.13. The molecular formula is C31H32ClNO. The first kappa shape index (κ1) is 24.2. The summed E-state index contributed by atoms with van der Waals surface area (Å²) in [7, 11) is 1.78. The lowest BCUT2D eigenvalue weighted by Crippen LogP contribution is -2.21. The van der Waals surface area contributed by atoms with E-state index in [1.807, 2.05) is 24.3 Å². The molecule has 34 heavy (non-hydrogen) atoms. The van der Waals surface area contributed by atoms with E-state index in [9.17, 15) is 0 Å². The Morgan fingerprint density at radius 3 is 2.56 bits per heavy atom. The smallest absolute Gasteiger partial charge is 0.0874 e.